The summed E-state index contributed by atoms with van der Waals surface area (Å²) in [5.74, 6) is 2.49. The Bertz CT molecular complexity index is 261. The van der Waals surface area contributed by atoms with E-state index in [0.29, 0.717) is 0 Å². The lowest BCUT2D eigenvalue weighted by Gasteiger charge is -2.02. The highest BCUT2D eigenvalue weighted by atomic mass is 14.7. The maximum Gasteiger partial charge on any atom is 0.0665 e. The first-order chi connectivity index (χ1) is 5.83. The Morgan fingerprint density at radius 3 is 3.00 bits per heavy atom. The monoisotopic (exact) mass is 160 g/mol. The summed E-state index contributed by atoms with van der Waals surface area (Å²) in [6.45, 7) is 0. The molecule has 0 aliphatic rings. The van der Waals surface area contributed by atoms with E-state index in [9.17, 15) is 0 Å². The Hall–Kier alpha value is -1.33. The second-order valence-electron chi connectivity index (χ2n) is 2.63. The molecule has 0 aliphatic carbocycles. The van der Waals surface area contributed by atoms with Crippen LogP contribution in [0.15, 0.2) is 24.4 Å². The van der Waals surface area contributed by atoms with Gasteiger partial charge in [-0.3, -0.25) is 4.98 Å². The molecule has 1 rings (SSSR count). The van der Waals surface area contributed by atoms with Crippen LogP contribution in [0.4, 0.5) is 0 Å². The Morgan fingerprint density at radius 2 is 2.42 bits per heavy atom. The predicted molar refractivity (Wildman–Crippen MR) is 49.4 cm³/mol. The number of hydrogen-bond donors (Lipinski definition) is 1. The minimum Gasteiger partial charge on any atom is -0.318 e. The number of pyridine rings is 1. The van der Waals surface area contributed by atoms with Crippen molar-refractivity contribution in [3.63, 3.8) is 0 Å². The van der Waals surface area contributed by atoms with Crippen LogP contribution in [-0.2, 0) is 6.42 Å². The van der Waals surface area contributed by atoms with E-state index in [1.807, 2.05) is 18.2 Å². The zero-order valence-electron chi connectivity index (χ0n) is 6.90. The number of aryl methyl sites for hydroxylation is 1. The van der Waals surface area contributed by atoms with E-state index in [2.05, 4.69) is 10.9 Å². The van der Waals surface area contributed by atoms with Crippen molar-refractivity contribution in [2.45, 2.75) is 18.9 Å². The highest BCUT2D eigenvalue weighted by Crippen LogP contribution is 1.99. The van der Waals surface area contributed by atoms with Crippen LogP contribution < -0.4 is 5.73 Å². The molecule has 0 spiro atoms. The summed E-state index contributed by atoms with van der Waals surface area (Å²) in [4.78, 5) is 4.16. The third kappa shape index (κ3) is 2.73. The summed E-state index contributed by atoms with van der Waals surface area (Å²) in [6.07, 6.45) is 8.57. The van der Waals surface area contributed by atoms with Crippen molar-refractivity contribution in [1.82, 2.24) is 4.98 Å². The van der Waals surface area contributed by atoms with E-state index in [1.54, 1.807) is 6.20 Å². The summed E-state index contributed by atoms with van der Waals surface area (Å²) >= 11 is 0. The number of rotatable bonds is 3. The topological polar surface area (TPSA) is 38.9 Å². The fraction of sp³-hybridized carbons (Fsp3) is 0.300. The van der Waals surface area contributed by atoms with E-state index in [4.69, 9.17) is 12.2 Å². The molecule has 1 atom stereocenters. The van der Waals surface area contributed by atoms with Crippen LogP contribution in [0.3, 0.4) is 0 Å². The van der Waals surface area contributed by atoms with Crippen LogP contribution in [0.25, 0.3) is 0 Å². The molecule has 0 fully saturated rings. The van der Waals surface area contributed by atoms with Gasteiger partial charge >= 0.3 is 0 Å². The van der Waals surface area contributed by atoms with Crippen LogP contribution in [0.5, 0.6) is 0 Å². The number of nitrogens with zero attached hydrogens (tertiary/aromatic N) is 1. The second-order valence-corrected chi connectivity index (χ2v) is 2.63. The average Bonchev–Trinajstić information content (AvgIpc) is 2.16. The van der Waals surface area contributed by atoms with Gasteiger partial charge in [0.05, 0.1) is 6.04 Å². The lowest BCUT2D eigenvalue weighted by Crippen LogP contribution is -2.17. The summed E-state index contributed by atoms with van der Waals surface area (Å²) < 4.78 is 0. The molecule has 0 saturated heterocycles. The molecular formula is C10H12N2. The van der Waals surface area contributed by atoms with Crippen molar-refractivity contribution in [3.05, 3.63) is 30.1 Å². The van der Waals surface area contributed by atoms with Gasteiger partial charge in [0.25, 0.3) is 0 Å². The summed E-state index contributed by atoms with van der Waals surface area (Å²) in [5.41, 5.74) is 6.60. The minimum absolute atomic E-state index is 0.146. The number of hydrogen-bond acceptors (Lipinski definition) is 2. The van der Waals surface area contributed by atoms with Crippen molar-refractivity contribution in [1.29, 1.82) is 0 Å². The quantitative estimate of drug-likeness (QED) is 0.669. The lowest BCUT2D eigenvalue weighted by atomic mass is 10.1. The lowest BCUT2D eigenvalue weighted by molar-refractivity contribution is 0.726. The van der Waals surface area contributed by atoms with Gasteiger partial charge in [0.15, 0.2) is 0 Å². The largest absolute Gasteiger partial charge is 0.318 e. The molecule has 2 nitrogen and oxygen atoms in total. The number of terminal acetylenes is 1. The average molecular weight is 160 g/mol. The van der Waals surface area contributed by atoms with E-state index in [0.717, 1.165) is 18.5 Å². The van der Waals surface area contributed by atoms with E-state index >= 15 is 0 Å². The van der Waals surface area contributed by atoms with Gasteiger partial charge in [-0.25, -0.2) is 0 Å². The zero-order chi connectivity index (χ0) is 8.81. The number of nitrogens with two attached hydrogens (primary N) is 1. The third-order valence-corrected chi connectivity index (χ3v) is 1.65. The van der Waals surface area contributed by atoms with E-state index < -0.39 is 0 Å². The van der Waals surface area contributed by atoms with Crippen LogP contribution in [0, 0.1) is 12.3 Å². The van der Waals surface area contributed by atoms with Gasteiger partial charge in [-0.05, 0) is 25.0 Å². The molecule has 1 aromatic heterocycles. The Balaban J connectivity index is 2.40. The van der Waals surface area contributed by atoms with Crippen molar-refractivity contribution in [2.24, 2.45) is 5.73 Å². The minimum atomic E-state index is -0.146. The molecule has 62 valence electrons. The van der Waals surface area contributed by atoms with Gasteiger partial charge in [-0.15, -0.1) is 6.42 Å². The molecule has 0 bridgehead atoms. The maximum atomic E-state index is 5.56. The third-order valence-electron chi connectivity index (χ3n) is 1.65. The molecule has 0 radical (unpaired) electrons. The molecule has 0 amide bonds. The first kappa shape index (κ1) is 8.76. The second kappa shape index (κ2) is 4.53. The van der Waals surface area contributed by atoms with Gasteiger partial charge in [-0.2, -0.15) is 0 Å². The SMILES string of the molecule is C#CC(N)CCc1ccccn1. The highest BCUT2D eigenvalue weighted by molar-refractivity contribution is 5.05. The molecule has 2 heteroatoms. The standard InChI is InChI=1S/C10H12N2/c1-2-9(11)6-7-10-5-3-4-8-12-10/h1,3-5,8-9H,6-7,11H2. The van der Waals surface area contributed by atoms with E-state index in [-0.39, 0.29) is 6.04 Å². The smallest absolute Gasteiger partial charge is 0.0665 e. The Labute approximate surface area is 72.8 Å². The van der Waals surface area contributed by atoms with Gasteiger partial charge < -0.3 is 5.73 Å². The number of aromatic nitrogens is 1. The van der Waals surface area contributed by atoms with E-state index in [1.165, 1.54) is 0 Å². The molecule has 1 heterocycles. The van der Waals surface area contributed by atoms with Crippen molar-refractivity contribution >= 4 is 0 Å². The van der Waals surface area contributed by atoms with Crippen molar-refractivity contribution in [3.8, 4) is 12.3 Å². The van der Waals surface area contributed by atoms with Gasteiger partial charge in [0.2, 0.25) is 0 Å². The zero-order valence-corrected chi connectivity index (χ0v) is 6.90. The molecule has 1 unspecified atom stereocenters. The van der Waals surface area contributed by atoms with Crippen LogP contribution in [0.2, 0.25) is 0 Å². The molecule has 0 aromatic carbocycles. The molecule has 2 N–H and O–H groups in total. The van der Waals surface area contributed by atoms with Gasteiger partial charge in [-0.1, -0.05) is 12.0 Å². The first-order valence-electron chi connectivity index (χ1n) is 3.94. The molecule has 0 aliphatic heterocycles. The molecule has 1 aromatic rings. The van der Waals surface area contributed by atoms with Gasteiger partial charge in [0.1, 0.15) is 0 Å². The van der Waals surface area contributed by atoms with Crippen molar-refractivity contribution < 1.29 is 0 Å². The van der Waals surface area contributed by atoms with Crippen molar-refractivity contribution in [2.75, 3.05) is 0 Å². The van der Waals surface area contributed by atoms with Crippen LogP contribution in [-0.4, -0.2) is 11.0 Å². The fourth-order valence-electron chi connectivity index (χ4n) is 0.933. The Morgan fingerprint density at radius 1 is 1.58 bits per heavy atom. The summed E-state index contributed by atoms with van der Waals surface area (Å²) in [5, 5.41) is 0. The van der Waals surface area contributed by atoms with Crippen LogP contribution in [0.1, 0.15) is 12.1 Å². The summed E-state index contributed by atoms with van der Waals surface area (Å²) in [6, 6.07) is 5.68. The fourth-order valence-corrected chi connectivity index (χ4v) is 0.933. The highest BCUT2D eigenvalue weighted by Gasteiger charge is 1.98. The predicted octanol–water partition coefficient (Wildman–Crippen LogP) is 0.975. The van der Waals surface area contributed by atoms with Gasteiger partial charge in [0, 0.05) is 11.9 Å². The molecule has 12 heavy (non-hydrogen) atoms. The summed E-state index contributed by atoms with van der Waals surface area (Å²) in [7, 11) is 0. The molecular weight excluding hydrogens is 148 g/mol. The Kier molecular flexibility index (Phi) is 3.31. The first-order valence-corrected chi connectivity index (χ1v) is 3.94. The van der Waals surface area contributed by atoms with Crippen LogP contribution >= 0.6 is 0 Å². The molecule has 0 saturated carbocycles. The normalized spacial score (nSPS) is 12.0. The maximum absolute atomic E-state index is 5.56.